The highest BCUT2D eigenvalue weighted by Gasteiger charge is 2.60. The number of anilines is 3. The number of carbonyl (C=O) groups excluding carboxylic acids is 2. The van der Waals surface area contributed by atoms with Gasteiger partial charge in [0.2, 0.25) is 5.91 Å². The Labute approximate surface area is 151 Å². The largest absolute Gasteiger partial charge is 0.320 e. The number of aromatic nitrogens is 1. The van der Waals surface area contributed by atoms with Gasteiger partial charge in [0.1, 0.15) is 0 Å². The first-order chi connectivity index (χ1) is 12.6. The quantitative estimate of drug-likeness (QED) is 0.809. The summed E-state index contributed by atoms with van der Waals surface area (Å²) < 4.78 is 0. The lowest BCUT2D eigenvalue weighted by atomic mass is 9.73. The molecule has 2 amide bonds. The highest BCUT2D eigenvalue weighted by Crippen LogP contribution is 2.46. The zero-order chi connectivity index (χ0) is 17.9. The van der Waals surface area contributed by atoms with Crippen LogP contribution in [0.5, 0.6) is 0 Å². The van der Waals surface area contributed by atoms with Crippen molar-refractivity contribution in [1.29, 1.82) is 0 Å². The average molecular weight is 349 g/mol. The van der Waals surface area contributed by atoms with Gasteiger partial charge in [0, 0.05) is 31.9 Å². The van der Waals surface area contributed by atoms with Gasteiger partial charge in [-0.15, -0.1) is 0 Å². The topological polar surface area (TPSA) is 77.6 Å². The number of likely N-dealkylation sites (tertiary alicyclic amines) is 1. The SMILES string of the molecule is CN1CC2(C(=O)N3c4ccccc4NC(=O)c4cccnc43)CNCC12. The molecule has 3 aliphatic heterocycles. The number of fused-ring (bicyclic) bond motifs is 3. The van der Waals surface area contributed by atoms with E-state index < -0.39 is 5.41 Å². The van der Waals surface area contributed by atoms with E-state index >= 15 is 0 Å². The van der Waals surface area contributed by atoms with Crippen LogP contribution in [0.15, 0.2) is 42.6 Å². The van der Waals surface area contributed by atoms with Crippen LogP contribution in [0.4, 0.5) is 17.2 Å². The number of hydrogen-bond donors (Lipinski definition) is 2. The zero-order valence-corrected chi connectivity index (χ0v) is 14.4. The van der Waals surface area contributed by atoms with Gasteiger partial charge in [0.05, 0.1) is 22.4 Å². The maximum absolute atomic E-state index is 13.8. The number of amides is 2. The number of nitrogens with one attached hydrogen (secondary N) is 2. The van der Waals surface area contributed by atoms with Crippen LogP contribution in [0.25, 0.3) is 0 Å². The summed E-state index contributed by atoms with van der Waals surface area (Å²) in [4.78, 5) is 34.7. The van der Waals surface area contributed by atoms with Gasteiger partial charge in [-0.1, -0.05) is 12.1 Å². The number of rotatable bonds is 1. The van der Waals surface area contributed by atoms with Gasteiger partial charge in [0.25, 0.3) is 5.91 Å². The molecule has 26 heavy (non-hydrogen) atoms. The summed E-state index contributed by atoms with van der Waals surface area (Å²) >= 11 is 0. The highest BCUT2D eigenvalue weighted by atomic mass is 16.2. The Morgan fingerprint density at radius 1 is 1.27 bits per heavy atom. The smallest absolute Gasteiger partial charge is 0.259 e. The second-order valence-corrected chi connectivity index (χ2v) is 7.20. The van der Waals surface area contributed by atoms with E-state index in [1.807, 2.05) is 31.3 Å². The van der Waals surface area contributed by atoms with Gasteiger partial charge >= 0.3 is 0 Å². The van der Waals surface area contributed by atoms with Crippen molar-refractivity contribution < 1.29 is 9.59 Å². The molecule has 4 heterocycles. The van der Waals surface area contributed by atoms with Gasteiger partial charge < -0.3 is 10.6 Å². The molecular weight excluding hydrogens is 330 g/mol. The second kappa shape index (κ2) is 5.36. The normalized spacial score (nSPS) is 26.9. The molecule has 2 fully saturated rings. The third-order valence-corrected chi connectivity index (χ3v) is 5.74. The van der Waals surface area contributed by atoms with Crippen molar-refractivity contribution in [2.45, 2.75) is 6.04 Å². The van der Waals surface area contributed by atoms with E-state index in [-0.39, 0.29) is 17.9 Å². The fourth-order valence-electron chi connectivity index (χ4n) is 4.47. The van der Waals surface area contributed by atoms with Crippen molar-refractivity contribution in [2.24, 2.45) is 5.41 Å². The van der Waals surface area contributed by atoms with E-state index in [2.05, 4.69) is 20.5 Å². The van der Waals surface area contributed by atoms with Crippen molar-refractivity contribution >= 4 is 29.0 Å². The van der Waals surface area contributed by atoms with Crippen LogP contribution < -0.4 is 15.5 Å². The minimum Gasteiger partial charge on any atom is -0.320 e. The van der Waals surface area contributed by atoms with Crippen LogP contribution in [0.2, 0.25) is 0 Å². The lowest BCUT2D eigenvalue weighted by Crippen LogP contribution is -2.68. The van der Waals surface area contributed by atoms with Crippen LogP contribution in [0, 0.1) is 5.41 Å². The zero-order valence-electron chi connectivity index (χ0n) is 14.4. The first-order valence-electron chi connectivity index (χ1n) is 8.73. The Hall–Kier alpha value is -2.77. The first-order valence-corrected chi connectivity index (χ1v) is 8.73. The van der Waals surface area contributed by atoms with Crippen molar-refractivity contribution in [3.05, 3.63) is 48.2 Å². The summed E-state index contributed by atoms with van der Waals surface area (Å²) in [5, 5.41) is 6.26. The van der Waals surface area contributed by atoms with Gasteiger partial charge in [-0.05, 0) is 31.3 Å². The maximum Gasteiger partial charge on any atom is 0.259 e. The monoisotopic (exact) mass is 349 g/mol. The molecule has 0 saturated carbocycles. The molecule has 3 aliphatic rings. The number of nitrogens with zero attached hydrogens (tertiary/aromatic N) is 3. The molecule has 2 saturated heterocycles. The Bertz CT molecular complexity index is 930. The van der Waals surface area contributed by atoms with E-state index in [0.29, 0.717) is 35.8 Å². The Balaban J connectivity index is 1.70. The molecule has 1 aromatic carbocycles. The van der Waals surface area contributed by atoms with Crippen LogP contribution in [0.3, 0.4) is 0 Å². The summed E-state index contributed by atoms with van der Waals surface area (Å²) in [6, 6.07) is 11.0. The molecule has 7 nitrogen and oxygen atoms in total. The molecule has 1 aromatic heterocycles. The number of pyridine rings is 1. The molecule has 2 N–H and O–H groups in total. The summed E-state index contributed by atoms with van der Waals surface area (Å²) in [6.07, 6.45) is 1.62. The minimum atomic E-state index is -0.482. The van der Waals surface area contributed by atoms with E-state index in [0.717, 1.165) is 6.54 Å². The molecule has 2 unspecified atom stereocenters. The predicted molar refractivity (Wildman–Crippen MR) is 97.5 cm³/mol. The first kappa shape index (κ1) is 15.5. The standard InChI is InChI=1S/C19H19N5O2/c1-23-11-19(10-20-9-15(19)23)18(26)24-14-7-3-2-6-13(14)22-17(25)12-5-4-8-21-16(12)24/h2-8,15,20H,9-11H2,1H3,(H,22,25). The Morgan fingerprint density at radius 3 is 2.96 bits per heavy atom. The molecule has 0 bridgehead atoms. The number of para-hydroxylation sites is 2. The maximum atomic E-state index is 13.8. The van der Waals surface area contributed by atoms with Crippen LogP contribution in [-0.4, -0.2) is 54.4 Å². The lowest BCUT2D eigenvalue weighted by Gasteiger charge is -2.51. The van der Waals surface area contributed by atoms with Crippen LogP contribution in [-0.2, 0) is 4.79 Å². The van der Waals surface area contributed by atoms with Crippen molar-refractivity contribution in [3.8, 4) is 0 Å². The average Bonchev–Trinajstić information content (AvgIpc) is 2.94. The Morgan fingerprint density at radius 2 is 2.12 bits per heavy atom. The molecule has 132 valence electrons. The number of likely N-dealkylation sites (N-methyl/N-ethyl adjacent to an activating group) is 1. The minimum absolute atomic E-state index is 0.00509. The second-order valence-electron chi connectivity index (χ2n) is 7.20. The molecule has 5 rings (SSSR count). The van der Waals surface area contributed by atoms with E-state index in [1.54, 1.807) is 23.2 Å². The van der Waals surface area contributed by atoms with Crippen LogP contribution >= 0.6 is 0 Å². The van der Waals surface area contributed by atoms with E-state index in [4.69, 9.17) is 0 Å². The molecular formula is C19H19N5O2. The van der Waals surface area contributed by atoms with Gasteiger partial charge in [-0.2, -0.15) is 0 Å². The summed E-state index contributed by atoms with van der Waals surface area (Å²) in [5.41, 5.74) is 1.21. The van der Waals surface area contributed by atoms with Crippen LogP contribution in [0.1, 0.15) is 10.4 Å². The number of carbonyl (C=O) groups is 2. The Kier molecular flexibility index (Phi) is 3.19. The van der Waals surface area contributed by atoms with E-state index in [9.17, 15) is 9.59 Å². The fraction of sp³-hybridized carbons (Fsp3) is 0.316. The fourth-order valence-corrected chi connectivity index (χ4v) is 4.47. The number of hydrogen-bond acceptors (Lipinski definition) is 5. The van der Waals surface area contributed by atoms with Gasteiger partial charge in [-0.3, -0.25) is 19.4 Å². The van der Waals surface area contributed by atoms with E-state index in [1.165, 1.54) is 0 Å². The number of benzene rings is 1. The molecule has 0 spiro atoms. The third kappa shape index (κ3) is 1.92. The highest BCUT2D eigenvalue weighted by molar-refractivity contribution is 6.18. The summed E-state index contributed by atoms with van der Waals surface area (Å²) in [7, 11) is 2.04. The molecule has 0 radical (unpaired) electrons. The van der Waals surface area contributed by atoms with Gasteiger partial charge in [-0.25, -0.2) is 4.98 Å². The van der Waals surface area contributed by atoms with Gasteiger partial charge in [0.15, 0.2) is 5.82 Å². The molecule has 2 aromatic rings. The molecule has 2 atom stereocenters. The molecule has 0 aliphatic carbocycles. The summed E-state index contributed by atoms with van der Waals surface area (Å²) in [6.45, 7) is 2.14. The third-order valence-electron chi connectivity index (χ3n) is 5.74. The summed E-state index contributed by atoms with van der Waals surface area (Å²) in [5.74, 6) is 0.143. The van der Waals surface area contributed by atoms with Crippen molar-refractivity contribution in [1.82, 2.24) is 15.2 Å². The van der Waals surface area contributed by atoms with Crippen molar-refractivity contribution in [2.75, 3.05) is 36.9 Å². The molecule has 7 heteroatoms. The predicted octanol–water partition coefficient (Wildman–Crippen LogP) is 1.22. The lowest BCUT2D eigenvalue weighted by molar-refractivity contribution is -0.139. The van der Waals surface area contributed by atoms with Crippen molar-refractivity contribution in [3.63, 3.8) is 0 Å².